The molecule has 0 amide bonds. The molecule has 0 aromatic heterocycles. The third kappa shape index (κ3) is 24.9. The topological polar surface area (TPSA) is 56.2 Å². The van der Waals surface area contributed by atoms with Crippen molar-refractivity contribution >= 4 is 0 Å². The van der Waals surface area contributed by atoms with Crippen molar-refractivity contribution in [2.24, 2.45) is 0 Å². The van der Waals surface area contributed by atoms with Crippen LogP contribution < -0.4 is 0 Å². The SMILES string of the molecule is CC.CC.CC.CCCCCN(CCCO)CCCN(CCCO)C(C)(C)COC(C)(C)CC. The van der Waals surface area contributed by atoms with Gasteiger partial charge in [-0.3, -0.25) is 4.90 Å². The number of aliphatic hydroxyl groups excluding tert-OH is 2. The van der Waals surface area contributed by atoms with E-state index in [1.165, 1.54) is 19.3 Å². The number of hydrogen-bond acceptors (Lipinski definition) is 5. The predicted molar refractivity (Wildman–Crippen MR) is 154 cm³/mol. The van der Waals surface area contributed by atoms with Crippen LogP contribution in [0.1, 0.15) is 128 Å². The lowest BCUT2D eigenvalue weighted by Crippen LogP contribution is -2.50. The van der Waals surface area contributed by atoms with Gasteiger partial charge in [-0.2, -0.15) is 0 Å². The Morgan fingerprint density at radius 2 is 1.06 bits per heavy atom. The molecule has 0 saturated carbocycles. The third-order valence-corrected chi connectivity index (χ3v) is 5.72. The summed E-state index contributed by atoms with van der Waals surface area (Å²) in [5.74, 6) is 0. The van der Waals surface area contributed by atoms with E-state index in [1.807, 2.05) is 41.5 Å². The molecule has 0 fully saturated rings. The molecular formula is C29H68N2O3. The Morgan fingerprint density at radius 1 is 0.618 bits per heavy atom. The smallest absolute Gasteiger partial charge is 0.0652 e. The molecular weight excluding hydrogens is 424 g/mol. The summed E-state index contributed by atoms with van der Waals surface area (Å²) in [6.07, 6.45) is 7.50. The zero-order chi connectivity index (χ0) is 27.5. The molecule has 0 aromatic rings. The first-order chi connectivity index (χ1) is 16.2. The van der Waals surface area contributed by atoms with Gasteiger partial charge in [0.25, 0.3) is 0 Å². The summed E-state index contributed by atoms with van der Waals surface area (Å²) in [6, 6.07) is 0. The quantitative estimate of drug-likeness (QED) is 0.190. The molecule has 0 aliphatic rings. The Labute approximate surface area is 216 Å². The van der Waals surface area contributed by atoms with Crippen LogP contribution in [0.4, 0.5) is 0 Å². The molecule has 5 nitrogen and oxygen atoms in total. The van der Waals surface area contributed by atoms with Gasteiger partial charge in [-0.25, -0.2) is 0 Å². The van der Waals surface area contributed by atoms with E-state index in [0.717, 1.165) is 58.4 Å². The van der Waals surface area contributed by atoms with Gasteiger partial charge in [0.05, 0.1) is 12.2 Å². The standard InChI is InChI=1S/C23H50N2O3.3C2H6/c1-7-9-10-14-24(16-12-19-26)15-11-17-25(18-13-20-27)22(3,4)21-28-23(5,6)8-2;3*1-2/h26-27H,7-21H2,1-6H3;3*1-2H3. The lowest BCUT2D eigenvalue weighted by atomic mass is 10.0. The molecule has 0 spiro atoms. The lowest BCUT2D eigenvalue weighted by molar-refractivity contribution is -0.0740. The summed E-state index contributed by atoms with van der Waals surface area (Å²) in [5.41, 5.74) is -0.153. The maximum atomic E-state index is 9.32. The van der Waals surface area contributed by atoms with E-state index in [4.69, 9.17) is 4.74 Å². The van der Waals surface area contributed by atoms with Crippen LogP contribution in [0.2, 0.25) is 0 Å². The average molecular weight is 493 g/mol. The first kappa shape index (κ1) is 40.9. The molecule has 212 valence electrons. The van der Waals surface area contributed by atoms with Crippen molar-refractivity contribution in [1.82, 2.24) is 9.80 Å². The van der Waals surface area contributed by atoms with Crippen LogP contribution >= 0.6 is 0 Å². The second kappa shape index (κ2) is 29.0. The van der Waals surface area contributed by atoms with Crippen LogP contribution in [-0.4, -0.2) is 83.7 Å². The maximum Gasteiger partial charge on any atom is 0.0652 e. The highest BCUT2D eigenvalue weighted by Crippen LogP contribution is 2.21. The Kier molecular flexibility index (Phi) is 35.0. The Hall–Kier alpha value is -0.200. The summed E-state index contributed by atoms with van der Waals surface area (Å²) >= 11 is 0. The van der Waals surface area contributed by atoms with E-state index in [2.05, 4.69) is 51.3 Å². The zero-order valence-electron chi connectivity index (χ0n) is 25.8. The molecule has 5 heteroatoms. The zero-order valence-corrected chi connectivity index (χ0v) is 25.8. The molecule has 0 saturated heterocycles. The highest BCUT2D eigenvalue weighted by molar-refractivity contribution is 4.83. The average Bonchev–Trinajstić information content (AvgIpc) is 2.86. The molecule has 0 atom stereocenters. The van der Waals surface area contributed by atoms with Gasteiger partial charge < -0.3 is 19.8 Å². The van der Waals surface area contributed by atoms with Crippen LogP contribution in [0.5, 0.6) is 0 Å². The normalized spacial score (nSPS) is 11.3. The summed E-state index contributed by atoms with van der Waals surface area (Å²) in [6.45, 7) is 31.5. The minimum absolute atomic E-state index is 0.0558. The maximum absolute atomic E-state index is 9.32. The summed E-state index contributed by atoms with van der Waals surface area (Å²) in [7, 11) is 0. The van der Waals surface area contributed by atoms with Crippen LogP contribution in [-0.2, 0) is 4.74 Å². The van der Waals surface area contributed by atoms with Crippen molar-refractivity contribution in [1.29, 1.82) is 0 Å². The Morgan fingerprint density at radius 3 is 1.53 bits per heavy atom. The van der Waals surface area contributed by atoms with Crippen molar-refractivity contribution in [3.63, 3.8) is 0 Å². The van der Waals surface area contributed by atoms with Gasteiger partial charge in [0, 0.05) is 31.8 Å². The number of ether oxygens (including phenoxy) is 1. The monoisotopic (exact) mass is 493 g/mol. The van der Waals surface area contributed by atoms with Gasteiger partial charge in [-0.15, -0.1) is 0 Å². The first-order valence-corrected chi connectivity index (χ1v) is 14.6. The van der Waals surface area contributed by atoms with Gasteiger partial charge in [-0.1, -0.05) is 68.2 Å². The number of unbranched alkanes of at least 4 members (excludes halogenated alkanes) is 2. The lowest BCUT2D eigenvalue weighted by Gasteiger charge is -2.41. The van der Waals surface area contributed by atoms with Gasteiger partial charge in [0.15, 0.2) is 0 Å². The van der Waals surface area contributed by atoms with E-state index >= 15 is 0 Å². The summed E-state index contributed by atoms with van der Waals surface area (Å²) in [5, 5.41) is 18.5. The van der Waals surface area contributed by atoms with Gasteiger partial charge in [-0.05, 0) is 79.4 Å². The van der Waals surface area contributed by atoms with E-state index in [9.17, 15) is 10.2 Å². The molecule has 0 bridgehead atoms. The Balaban J connectivity index is -0.000000689. The highest BCUT2D eigenvalue weighted by Gasteiger charge is 2.29. The molecule has 0 aliphatic carbocycles. The van der Waals surface area contributed by atoms with E-state index in [1.54, 1.807) is 0 Å². The second-order valence-electron chi connectivity index (χ2n) is 9.26. The van der Waals surface area contributed by atoms with Crippen molar-refractivity contribution in [2.45, 2.75) is 139 Å². The molecule has 0 radical (unpaired) electrons. The van der Waals surface area contributed by atoms with Crippen molar-refractivity contribution in [3.8, 4) is 0 Å². The number of nitrogens with zero attached hydrogens (tertiary/aromatic N) is 2. The minimum atomic E-state index is -0.0969. The van der Waals surface area contributed by atoms with Crippen molar-refractivity contribution in [3.05, 3.63) is 0 Å². The number of hydrogen-bond donors (Lipinski definition) is 2. The third-order valence-electron chi connectivity index (χ3n) is 5.72. The van der Waals surface area contributed by atoms with Gasteiger partial charge in [0.2, 0.25) is 0 Å². The number of rotatable bonds is 19. The van der Waals surface area contributed by atoms with E-state index in [0.29, 0.717) is 6.61 Å². The molecule has 2 N–H and O–H groups in total. The fraction of sp³-hybridized carbons (Fsp3) is 1.00. The van der Waals surface area contributed by atoms with Crippen LogP contribution in [0.15, 0.2) is 0 Å². The molecule has 34 heavy (non-hydrogen) atoms. The van der Waals surface area contributed by atoms with Crippen LogP contribution in [0, 0.1) is 0 Å². The highest BCUT2D eigenvalue weighted by atomic mass is 16.5. The van der Waals surface area contributed by atoms with Crippen molar-refractivity contribution in [2.75, 3.05) is 52.5 Å². The van der Waals surface area contributed by atoms with Crippen LogP contribution in [0.25, 0.3) is 0 Å². The fourth-order valence-electron chi connectivity index (χ4n) is 3.24. The summed E-state index contributed by atoms with van der Waals surface area (Å²) in [4.78, 5) is 4.98. The Bertz CT molecular complexity index is 363. The van der Waals surface area contributed by atoms with Gasteiger partial charge in [0.1, 0.15) is 0 Å². The second-order valence-corrected chi connectivity index (χ2v) is 9.26. The minimum Gasteiger partial charge on any atom is -0.396 e. The fourth-order valence-corrected chi connectivity index (χ4v) is 3.24. The predicted octanol–water partition coefficient (Wildman–Crippen LogP) is 7.00. The largest absolute Gasteiger partial charge is 0.396 e. The molecule has 0 unspecified atom stereocenters. The molecule has 0 aromatic carbocycles. The van der Waals surface area contributed by atoms with Crippen molar-refractivity contribution < 1.29 is 14.9 Å². The van der Waals surface area contributed by atoms with Gasteiger partial charge >= 0.3 is 0 Å². The van der Waals surface area contributed by atoms with E-state index in [-0.39, 0.29) is 24.4 Å². The van der Waals surface area contributed by atoms with Crippen LogP contribution in [0.3, 0.4) is 0 Å². The van der Waals surface area contributed by atoms with E-state index < -0.39 is 0 Å². The molecule has 0 rings (SSSR count). The summed E-state index contributed by atoms with van der Waals surface area (Å²) < 4.78 is 6.21. The molecule has 0 heterocycles. The molecule has 0 aliphatic heterocycles. The number of aliphatic hydroxyl groups is 2. The first-order valence-electron chi connectivity index (χ1n) is 14.6.